The Bertz CT molecular complexity index is 936. The monoisotopic (exact) mass is 504 g/mol. The second-order valence-corrected chi connectivity index (χ2v) is 11.1. The zero-order valence-corrected chi connectivity index (χ0v) is 22.2. The summed E-state index contributed by atoms with van der Waals surface area (Å²) in [6.45, 7) is 12.2. The van der Waals surface area contributed by atoms with Crippen LogP contribution < -0.4 is 4.74 Å². The first-order valence-electron chi connectivity index (χ1n) is 13.5. The second kappa shape index (κ2) is 9.87. The lowest BCUT2D eigenvalue weighted by Crippen LogP contribution is -2.70. The third-order valence-electron chi connectivity index (χ3n) is 8.72. The fourth-order valence-corrected chi connectivity index (χ4v) is 6.64. The lowest BCUT2D eigenvalue weighted by atomic mass is 9.58. The van der Waals surface area contributed by atoms with E-state index in [1.54, 1.807) is 13.8 Å². The van der Waals surface area contributed by atoms with E-state index in [0.717, 1.165) is 31.2 Å². The summed E-state index contributed by atoms with van der Waals surface area (Å²) in [7, 11) is 0. The van der Waals surface area contributed by atoms with Crippen LogP contribution in [-0.2, 0) is 33.5 Å². The molecule has 36 heavy (non-hydrogen) atoms. The number of fused-ring (bicyclic) bond motifs is 2. The van der Waals surface area contributed by atoms with Crippen LogP contribution in [0.2, 0.25) is 0 Å². The average Bonchev–Trinajstić information content (AvgIpc) is 3.08. The highest BCUT2D eigenvalue weighted by Crippen LogP contribution is 2.60. The first-order chi connectivity index (χ1) is 17.2. The van der Waals surface area contributed by atoms with Crippen molar-refractivity contribution in [2.45, 2.75) is 103 Å². The van der Waals surface area contributed by atoms with Gasteiger partial charge in [-0.15, -0.1) is 0 Å². The Hall–Kier alpha value is -1.71. The van der Waals surface area contributed by atoms with Gasteiger partial charge in [-0.1, -0.05) is 26.0 Å². The van der Waals surface area contributed by atoms with Crippen molar-refractivity contribution < 1.29 is 38.3 Å². The topological polar surface area (TPSA) is 81.7 Å². The molecule has 5 aliphatic rings. The zero-order chi connectivity index (χ0) is 25.7. The summed E-state index contributed by atoms with van der Waals surface area (Å²) in [5, 5.41) is 0. The van der Waals surface area contributed by atoms with Crippen molar-refractivity contribution >= 4 is 5.97 Å². The van der Waals surface area contributed by atoms with Gasteiger partial charge in [-0.05, 0) is 76.5 Å². The van der Waals surface area contributed by atoms with Gasteiger partial charge in [0.2, 0.25) is 5.79 Å². The summed E-state index contributed by atoms with van der Waals surface area (Å²) in [4.78, 5) is 24.0. The van der Waals surface area contributed by atoms with Crippen LogP contribution in [0.4, 0.5) is 0 Å². The number of esters is 1. The standard InChI is InChI=1S/C28H40O8/c1-7-30-24(29)19(5)31-21-11-9-20(10-12-21)18(4)32-25-17(3)23-13-8-16(2)22-14-15-27(6)34-26(33-25)28(22,23)36-35-27/h9-12,16-19,22-23,25-26H,7-8,13-15H2,1-6H3/t16-,17-,18?,19?,22?,23?,25?,26?,27-,28-/m1/s1. The van der Waals surface area contributed by atoms with Crippen molar-refractivity contribution in [3.8, 4) is 5.75 Å². The molecule has 2 bridgehead atoms. The van der Waals surface area contributed by atoms with Crippen molar-refractivity contribution in [3.05, 3.63) is 29.8 Å². The van der Waals surface area contributed by atoms with E-state index in [2.05, 4.69) is 13.8 Å². The first-order valence-corrected chi connectivity index (χ1v) is 13.5. The van der Waals surface area contributed by atoms with E-state index < -0.39 is 30.1 Å². The molecule has 4 heterocycles. The predicted molar refractivity (Wildman–Crippen MR) is 129 cm³/mol. The van der Waals surface area contributed by atoms with Crippen LogP contribution in [0.25, 0.3) is 0 Å². The van der Waals surface area contributed by atoms with Crippen molar-refractivity contribution in [2.75, 3.05) is 6.61 Å². The Morgan fingerprint density at radius 1 is 1.08 bits per heavy atom. The van der Waals surface area contributed by atoms with Gasteiger partial charge >= 0.3 is 5.97 Å². The van der Waals surface area contributed by atoms with Crippen molar-refractivity contribution in [1.82, 2.24) is 0 Å². The fraction of sp³-hybridized carbons (Fsp3) is 0.750. The maximum absolute atomic E-state index is 11.8. The summed E-state index contributed by atoms with van der Waals surface area (Å²) in [5.74, 6) is 0.610. The molecule has 0 radical (unpaired) electrons. The predicted octanol–water partition coefficient (Wildman–Crippen LogP) is 5.30. The highest BCUT2D eigenvalue weighted by atomic mass is 17.3. The molecule has 200 valence electrons. The Labute approximate surface area is 213 Å². The maximum atomic E-state index is 11.8. The van der Waals surface area contributed by atoms with Gasteiger partial charge in [-0.2, -0.15) is 0 Å². The van der Waals surface area contributed by atoms with Crippen molar-refractivity contribution in [3.63, 3.8) is 0 Å². The van der Waals surface area contributed by atoms with Gasteiger partial charge in [-0.25, -0.2) is 14.6 Å². The summed E-state index contributed by atoms with van der Waals surface area (Å²) >= 11 is 0. The summed E-state index contributed by atoms with van der Waals surface area (Å²) < 4.78 is 30.2. The number of hydrogen-bond acceptors (Lipinski definition) is 8. The van der Waals surface area contributed by atoms with Gasteiger partial charge in [0.25, 0.3) is 0 Å². The third-order valence-corrected chi connectivity index (χ3v) is 8.72. The fourth-order valence-electron chi connectivity index (χ4n) is 6.64. The van der Waals surface area contributed by atoms with E-state index >= 15 is 0 Å². The minimum absolute atomic E-state index is 0.112. The second-order valence-electron chi connectivity index (χ2n) is 11.1. The number of rotatable bonds is 7. The van der Waals surface area contributed by atoms with Gasteiger partial charge < -0.3 is 23.7 Å². The Morgan fingerprint density at radius 2 is 1.83 bits per heavy atom. The molecule has 6 rings (SSSR count). The molecule has 0 amide bonds. The molecule has 8 nitrogen and oxygen atoms in total. The van der Waals surface area contributed by atoms with Crippen LogP contribution in [0.1, 0.15) is 78.9 Å². The van der Waals surface area contributed by atoms with Crippen molar-refractivity contribution in [1.29, 1.82) is 0 Å². The smallest absolute Gasteiger partial charge is 0.347 e. The molecule has 5 fully saturated rings. The molecule has 1 aromatic rings. The quantitative estimate of drug-likeness (QED) is 0.365. The van der Waals surface area contributed by atoms with Gasteiger partial charge in [0.15, 0.2) is 24.3 Å². The molecular formula is C28H40O8. The Morgan fingerprint density at radius 3 is 2.56 bits per heavy atom. The van der Waals surface area contributed by atoms with Crippen LogP contribution in [0, 0.1) is 23.7 Å². The normalized spacial score (nSPS) is 41.1. The minimum Gasteiger partial charge on any atom is -0.479 e. The van der Waals surface area contributed by atoms with Gasteiger partial charge in [0, 0.05) is 18.3 Å². The molecule has 1 aromatic carbocycles. The maximum Gasteiger partial charge on any atom is 0.347 e. The summed E-state index contributed by atoms with van der Waals surface area (Å²) in [5.41, 5.74) is 0.400. The average molecular weight is 505 g/mol. The molecule has 4 saturated heterocycles. The van der Waals surface area contributed by atoms with Gasteiger partial charge in [0.05, 0.1) is 12.7 Å². The zero-order valence-electron chi connectivity index (χ0n) is 22.2. The first kappa shape index (κ1) is 25.9. The SMILES string of the molecule is CCOC(=O)C(C)Oc1ccc(C(C)OC2OC3O[C@@]4(C)CCC5[C@H](C)CCC([C@H]2C)[C@@]35OO4)cc1. The molecule has 4 aliphatic heterocycles. The lowest BCUT2D eigenvalue weighted by Gasteiger charge is -2.60. The molecule has 8 heteroatoms. The number of ether oxygens (including phenoxy) is 5. The highest BCUT2D eigenvalue weighted by molar-refractivity contribution is 5.74. The van der Waals surface area contributed by atoms with Crippen LogP contribution in [0.5, 0.6) is 5.75 Å². The minimum atomic E-state index is -0.801. The van der Waals surface area contributed by atoms with Crippen LogP contribution in [-0.4, -0.2) is 42.6 Å². The Balaban J connectivity index is 1.29. The highest BCUT2D eigenvalue weighted by Gasteiger charge is 2.69. The van der Waals surface area contributed by atoms with E-state index in [0.29, 0.717) is 24.2 Å². The van der Waals surface area contributed by atoms with E-state index in [1.165, 1.54) is 0 Å². The largest absolute Gasteiger partial charge is 0.479 e. The van der Waals surface area contributed by atoms with Crippen LogP contribution in [0.3, 0.4) is 0 Å². The molecule has 1 aliphatic carbocycles. The Kier molecular flexibility index (Phi) is 7.11. The summed E-state index contributed by atoms with van der Waals surface area (Å²) in [6.07, 6.45) is 2.15. The molecule has 1 saturated carbocycles. The van der Waals surface area contributed by atoms with Gasteiger partial charge in [-0.3, -0.25) is 0 Å². The molecule has 0 N–H and O–H groups in total. The van der Waals surface area contributed by atoms with Crippen LogP contribution >= 0.6 is 0 Å². The summed E-state index contributed by atoms with van der Waals surface area (Å²) in [6, 6.07) is 7.59. The van der Waals surface area contributed by atoms with E-state index in [4.69, 9.17) is 33.5 Å². The molecule has 6 unspecified atom stereocenters. The molecule has 1 spiro atoms. The van der Waals surface area contributed by atoms with E-state index in [-0.39, 0.29) is 23.9 Å². The van der Waals surface area contributed by atoms with Crippen molar-refractivity contribution in [2.24, 2.45) is 23.7 Å². The molecular weight excluding hydrogens is 464 g/mol. The number of carbonyl (C=O) groups is 1. The van der Waals surface area contributed by atoms with Gasteiger partial charge in [0.1, 0.15) is 5.75 Å². The molecule has 0 aromatic heterocycles. The van der Waals surface area contributed by atoms with E-state index in [9.17, 15) is 4.79 Å². The number of benzene rings is 1. The molecule has 10 atom stereocenters. The van der Waals surface area contributed by atoms with E-state index in [1.807, 2.05) is 38.1 Å². The third kappa shape index (κ3) is 4.45. The van der Waals surface area contributed by atoms with Crippen LogP contribution in [0.15, 0.2) is 24.3 Å². The number of hydrogen-bond donors (Lipinski definition) is 0. The number of carbonyl (C=O) groups excluding carboxylic acids is 1. The lowest BCUT2D eigenvalue weighted by molar-refractivity contribution is -0.578.